The summed E-state index contributed by atoms with van der Waals surface area (Å²) in [5.74, 6) is -0.526. The lowest BCUT2D eigenvalue weighted by Crippen LogP contribution is -2.39. The van der Waals surface area contributed by atoms with E-state index in [2.05, 4.69) is 10.1 Å². The number of carbonyl (C=O) groups excluding carboxylic acids is 1. The fourth-order valence-electron chi connectivity index (χ4n) is 3.67. The van der Waals surface area contributed by atoms with Gasteiger partial charge in [-0.2, -0.15) is 11.3 Å². The van der Waals surface area contributed by atoms with Crippen molar-refractivity contribution in [2.24, 2.45) is 5.73 Å². The third-order valence-electron chi connectivity index (χ3n) is 4.81. The molecule has 2 aromatic heterocycles. The van der Waals surface area contributed by atoms with E-state index in [1.54, 1.807) is 12.1 Å². The quantitative estimate of drug-likeness (QED) is 0.576. The summed E-state index contributed by atoms with van der Waals surface area (Å²) in [6.07, 6.45) is -4.11. The number of benzene rings is 1. The molecule has 1 aliphatic heterocycles. The molecule has 0 spiro atoms. The summed E-state index contributed by atoms with van der Waals surface area (Å²) in [6.45, 7) is 0.900. The Morgan fingerprint density at radius 3 is 2.70 bits per heavy atom. The van der Waals surface area contributed by atoms with E-state index in [0.717, 1.165) is 11.3 Å². The third kappa shape index (κ3) is 4.33. The van der Waals surface area contributed by atoms with Crippen molar-refractivity contribution < 1.29 is 22.7 Å². The first kappa shape index (κ1) is 22.2. The monoisotopic (exact) mass is 457 g/mol. The molecule has 0 bridgehead atoms. The van der Waals surface area contributed by atoms with E-state index in [1.807, 2.05) is 21.4 Å². The molecule has 3 heterocycles. The number of amides is 1. The summed E-state index contributed by atoms with van der Waals surface area (Å²) in [6, 6.07) is 9.40. The molecule has 3 aromatic rings. The van der Waals surface area contributed by atoms with E-state index in [9.17, 15) is 18.0 Å². The molecule has 1 atom stereocenters. The minimum atomic E-state index is -4.78. The zero-order chi connectivity index (χ0) is 20.6. The van der Waals surface area contributed by atoms with E-state index in [4.69, 9.17) is 5.73 Å². The molecule has 4 rings (SSSR count). The van der Waals surface area contributed by atoms with Crippen molar-refractivity contribution >= 4 is 29.7 Å². The molecule has 0 saturated heterocycles. The summed E-state index contributed by atoms with van der Waals surface area (Å²) in [5.41, 5.74) is 9.13. The van der Waals surface area contributed by atoms with Gasteiger partial charge in [0.05, 0.1) is 11.7 Å². The first-order valence-corrected chi connectivity index (χ1v) is 9.94. The first-order valence-electron chi connectivity index (χ1n) is 8.99. The molecule has 10 heteroatoms. The zero-order valence-electron chi connectivity index (χ0n) is 15.6. The van der Waals surface area contributed by atoms with Crippen LogP contribution in [0.5, 0.6) is 5.75 Å². The summed E-state index contributed by atoms with van der Waals surface area (Å²) in [7, 11) is 0. The van der Waals surface area contributed by atoms with Crippen LogP contribution in [0.1, 0.15) is 23.0 Å². The van der Waals surface area contributed by atoms with Gasteiger partial charge in [-0.1, -0.05) is 12.1 Å². The summed E-state index contributed by atoms with van der Waals surface area (Å²) >= 11 is 1.51. The molecule has 0 aliphatic carbocycles. The van der Waals surface area contributed by atoms with E-state index in [-0.39, 0.29) is 30.1 Å². The number of alkyl halides is 3. The maximum atomic E-state index is 12.7. The van der Waals surface area contributed by atoms with Gasteiger partial charge in [-0.15, -0.1) is 25.6 Å². The van der Waals surface area contributed by atoms with Gasteiger partial charge in [0.15, 0.2) is 0 Å². The summed E-state index contributed by atoms with van der Waals surface area (Å²) < 4.78 is 44.0. The van der Waals surface area contributed by atoms with E-state index in [0.29, 0.717) is 36.3 Å². The van der Waals surface area contributed by atoms with E-state index >= 15 is 0 Å². The molecule has 0 radical (unpaired) electrons. The second-order valence-electron chi connectivity index (χ2n) is 6.69. The molecule has 1 amide bonds. The van der Waals surface area contributed by atoms with Crippen LogP contribution in [0.15, 0.2) is 47.2 Å². The predicted octanol–water partition coefficient (Wildman–Crippen LogP) is 4.84. The Labute approximate surface area is 181 Å². The lowest BCUT2D eigenvalue weighted by Gasteiger charge is -2.28. The Morgan fingerprint density at radius 2 is 2.03 bits per heavy atom. The van der Waals surface area contributed by atoms with Crippen LogP contribution in [0, 0.1) is 0 Å². The van der Waals surface area contributed by atoms with Gasteiger partial charge in [-0.25, -0.2) is 0 Å². The summed E-state index contributed by atoms with van der Waals surface area (Å²) in [5, 5.41) is 6.74. The summed E-state index contributed by atoms with van der Waals surface area (Å²) in [4.78, 5) is 12.5. The predicted molar refractivity (Wildman–Crippen MR) is 112 cm³/mol. The topological polar surface area (TPSA) is 69.3 Å². The smallest absolute Gasteiger partial charge is 0.406 e. The SMILES string of the molecule is Cl.NCC[C@H]1CNC(=O)c2cc(-c3cccc(OC(F)(F)F)c3)c(-c3ccsc3)n21. The number of thiophene rings is 1. The number of fused-ring (bicyclic) bond motifs is 1. The highest BCUT2D eigenvalue weighted by atomic mass is 35.5. The maximum absolute atomic E-state index is 12.7. The lowest BCUT2D eigenvalue weighted by atomic mass is 10.0. The Hall–Kier alpha value is -2.49. The molecular formula is C20H19ClF3N3O2S. The van der Waals surface area contributed by atoms with Crippen LogP contribution in [0.4, 0.5) is 13.2 Å². The van der Waals surface area contributed by atoms with Crippen molar-refractivity contribution in [1.29, 1.82) is 0 Å². The average Bonchev–Trinajstić information content (AvgIpc) is 3.30. The van der Waals surface area contributed by atoms with Gasteiger partial charge in [-0.05, 0) is 48.2 Å². The number of carbonyl (C=O) groups is 1. The van der Waals surface area contributed by atoms with Crippen LogP contribution < -0.4 is 15.8 Å². The molecule has 160 valence electrons. The molecule has 1 aliphatic rings. The Balaban J connectivity index is 0.00000256. The normalized spacial score (nSPS) is 15.9. The van der Waals surface area contributed by atoms with Crippen molar-refractivity contribution in [3.63, 3.8) is 0 Å². The van der Waals surface area contributed by atoms with Crippen molar-refractivity contribution in [2.45, 2.75) is 18.8 Å². The van der Waals surface area contributed by atoms with Gasteiger partial charge in [-0.3, -0.25) is 4.79 Å². The Morgan fingerprint density at radius 1 is 1.23 bits per heavy atom. The number of aromatic nitrogens is 1. The van der Waals surface area contributed by atoms with Crippen molar-refractivity contribution in [2.75, 3.05) is 13.1 Å². The number of nitrogens with two attached hydrogens (primary N) is 1. The molecule has 0 saturated carbocycles. The standard InChI is InChI=1S/C20H18F3N3O2S.ClH/c21-20(22,23)28-15-3-1-2-12(8-15)16-9-17-19(27)25-10-14(4-6-24)26(17)18(16)13-5-7-29-11-13;/h1-3,5,7-9,11,14H,4,6,10,24H2,(H,25,27);1H/t14-;/m0./s1. The highest BCUT2D eigenvalue weighted by Crippen LogP contribution is 2.41. The van der Waals surface area contributed by atoms with Crippen LogP contribution >= 0.6 is 23.7 Å². The van der Waals surface area contributed by atoms with Crippen molar-refractivity contribution in [3.05, 3.63) is 52.9 Å². The van der Waals surface area contributed by atoms with Crippen LogP contribution in [0.2, 0.25) is 0 Å². The van der Waals surface area contributed by atoms with Crippen LogP contribution in [0.3, 0.4) is 0 Å². The number of hydrogen-bond donors (Lipinski definition) is 2. The molecule has 0 fully saturated rings. The molecular weight excluding hydrogens is 439 g/mol. The number of hydrogen-bond acceptors (Lipinski definition) is 4. The van der Waals surface area contributed by atoms with E-state index in [1.165, 1.54) is 29.5 Å². The Bertz CT molecular complexity index is 1030. The molecule has 0 unspecified atom stereocenters. The minimum Gasteiger partial charge on any atom is -0.406 e. The van der Waals surface area contributed by atoms with Gasteiger partial charge in [0.1, 0.15) is 11.4 Å². The number of nitrogens with zero attached hydrogens (tertiary/aromatic N) is 1. The van der Waals surface area contributed by atoms with Crippen LogP contribution in [-0.2, 0) is 0 Å². The van der Waals surface area contributed by atoms with Gasteiger partial charge < -0.3 is 20.4 Å². The fourth-order valence-corrected chi connectivity index (χ4v) is 4.31. The number of nitrogens with one attached hydrogen (secondary N) is 1. The second-order valence-corrected chi connectivity index (χ2v) is 7.47. The van der Waals surface area contributed by atoms with Crippen LogP contribution in [0.25, 0.3) is 22.4 Å². The fraction of sp³-hybridized carbons (Fsp3) is 0.250. The van der Waals surface area contributed by atoms with Crippen molar-refractivity contribution in [3.8, 4) is 28.1 Å². The van der Waals surface area contributed by atoms with Gasteiger partial charge in [0, 0.05) is 23.1 Å². The van der Waals surface area contributed by atoms with E-state index < -0.39 is 6.36 Å². The molecule has 3 N–H and O–H groups in total. The Kier molecular flexibility index (Phi) is 6.44. The second kappa shape index (κ2) is 8.71. The number of ether oxygens (including phenoxy) is 1. The minimum absolute atomic E-state index is 0. The third-order valence-corrected chi connectivity index (χ3v) is 5.49. The highest BCUT2D eigenvalue weighted by molar-refractivity contribution is 7.08. The van der Waals surface area contributed by atoms with Crippen molar-refractivity contribution in [1.82, 2.24) is 9.88 Å². The lowest BCUT2D eigenvalue weighted by molar-refractivity contribution is -0.274. The largest absolute Gasteiger partial charge is 0.573 e. The highest BCUT2D eigenvalue weighted by Gasteiger charge is 2.32. The number of rotatable bonds is 5. The average molecular weight is 458 g/mol. The first-order chi connectivity index (χ1) is 13.9. The number of halogens is 4. The zero-order valence-corrected chi connectivity index (χ0v) is 17.2. The van der Waals surface area contributed by atoms with Gasteiger partial charge in [0.25, 0.3) is 5.91 Å². The van der Waals surface area contributed by atoms with Gasteiger partial charge >= 0.3 is 6.36 Å². The molecule has 30 heavy (non-hydrogen) atoms. The molecule has 5 nitrogen and oxygen atoms in total. The van der Waals surface area contributed by atoms with Crippen LogP contribution in [-0.4, -0.2) is 29.9 Å². The molecule has 1 aromatic carbocycles. The maximum Gasteiger partial charge on any atom is 0.573 e. The van der Waals surface area contributed by atoms with Gasteiger partial charge in [0.2, 0.25) is 0 Å².